The number of hydrogen-bond acceptors (Lipinski definition) is 2. The molecule has 1 amide bonds. The van der Waals surface area contributed by atoms with Crippen molar-refractivity contribution < 1.29 is 4.79 Å². The summed E-state index contributed by atoms with van der Waals surface area (Å²) in [6, 6.07) is 16.0. The third-order valence-corrected chi connectivity index (χ3v) is 4.22. The largest absolute Gasteiger partial charge is 0.399 e. The highest BCUT2D eigenvalue weighted by Crippen LogP contribution is 2.33. The van der Waals surface area contributed by atoms with Gasteiger partial charge in [0.25, 0.3) is 0 Å². The predicted octanol–water partition coefficient (Wildman–Crippen LogP) is 4.84. The predicted molar refractivity (Wildman–Crippen MR) is 108 cm³/mol. The van der Waals surface area contributed by atoms with Crippen LogP contribution in [0.4, 0.5) is 5.69 Å². The summed E-state index contributed by atoms with van der Waals surface area (Å²) in [6.45, 7) is 8.52. The number of anilines is 1. The Hall–Kier alpha value is -2.00. The van der Waals surface area contributed by atoms with Crippen molar-refractivity contribution in [3.8, 4) is 0 Å². The lowest BCUT2D eigenvalue weighted by Gasteiger charge is -2.32. The van der Waals surface area contributed by atoms with E-state index in [0.29, 0.717) is 12.8 Å². The number of carbonyl (C=O) groups excluding carboxylic acids is 1. The number of aryl methyl sites for hydroxylation is 2. The number of halogens is 1. The fourth-order valence-corrected chi connectivity index (χ4v) is 2.89. The molecule has 1 atom stereocenters. The summed E-state index contributed by atoms with van der Waals surface area (Å²) in [5.74, 6) is 0.0553. The Morgan fingerprint density at radius 3 is 2.40 bits per heavy atom. The van der Waals surface area contributed by atoms with Gasteiger partial charge in [-0.05, 0) is 36.0 Å². The van der Waals surface area contributed by atoms with E-state index in [2.05, 4.69) is 51.2 Å². The molecule has 0 heterocycles. The summed E-state index contributed by atoms with van der Waals surface area (Å²) in [7, 11) is 0. The van der Waals surface area contributed by atoms with E-state index in [9.17, 15) is 4.79 Å². The normalized spacial score (nSPS) is 12.2. The zero-order valence-electron chi connectivity index (χ0n) is 15.5. The number of nitrogens with two attached hydrogens (primary N) is 1. The van der Waals surface area contributed by atoms with Gasteiger partial charge in [0.05, 0.1) is 6.04 Å². The molecule has 3 nitrogen and oxygen atoms in total. The van der Waals surface area contributed by atoms with E-state index in [1.54, 1.807) is 0 Å². The molecule has 2 rings (SSSR count). The van der Waals surface area contributed by atoms with Gasteiger partial charge in [-0.25, -0.2) is 0 Å². The summed E-state index contributed by atoms with van der Waals surface area (Å²) in [6.07, 6.45) is 1.09. The fourth-order valence-electron chi connectivity index (χ4n) is 2.89. The van der Waals surface area contributed by atoms with Crippen molar-refractivity contribution in [3.05, 3.63) is 65.2 Å². The van der Waals surface area contributed by atoms with Crippen LogP contribution < -0.4 is 11.1 Å². The maximum Gasteiger partial charge on any atom is 0.220 e. The summed E-state index contributed by atoms with van der Waals surface area (Å²) in [5, 5.41) is 3.21. The molecule has 0 radical (unpaired) electrons. The van der Waals surface area contributed by atoms with Crippen LogP contribution >= 0.6 is 12.4 Å². The van der Waals surface area contributed by atoms with Crippen molar-refractivity contribution in [2.45, 2.75) is 46.6 Å². The third kappa shape index (κ3) is 6.09. The molecule has 3 N–H and O–H groups in total. The van der Waals surface area contributed by atoms with Crippen LogP contribution in [-0.4, -0.2) is 5.91 Å². The van der Waals surface area contributed by atoms with Crippen LogP contribution in [0.15, 0.2) is 48.5 Å². The van der Waals surface area contributed by atoms with Crippen LogP contribution in [0.1, 0.15) is 49.9 Å². The Kier molecular flexibility index (Phi) is 7.50. The van der Waals surface area contributed by atoms with Crippen molar-refractivity contribution in [2.24, 2.45) is 5.41 Å². The molecular formula is C21H29ClN2O. The highest BCUT2D eigenvalue weighted by Gasteiger charge is 2.27. The number of benzene rings is 2. The van der Waals surface area contributed by atoms with Crippen molar-refractivity contribution in [2.75, 3.05) is 5.73 Å². The van der Waals surface area contributed by atoms with Gasteiger partial charge in [0.1, 0.15) is 0 Å². The van der Waals surface area contributed by atoms with Crippen molar-refractivity contribution >= 4 is 24.0 Å². The summed E-state index contributed by atoms with van der Waals surface area (Å²) in [4.78, 5) is 12.5. The van der Waals surface area contributed by atoms with Gasteiger partial charge in [-0.1, -0.05) is 68.8 Å². The monoisotopic (exact) mass is 360 g/mol. The second-order valence-corrected chi connectivity index (χ2v) is 7.48. The van der Waals surface area contributed by atoms with Crippen LogP contribution in [0, 0.1) is 12.3 Å². The molecule has 0 fully saturated rings. The van der Waals surface area contributed by atoms with Gasteiger partial charge in [-0.3, -0.25) is 4.79 Å². The van der Waals surface area contributed by atoms with E-state index in [0.717, 1.165) is 16.8 Å². The third-order valence-electron chi connectivity index (χ3n) is 4.22. The van der Waals surface area contributed by atoms with Crippen LogP contribution in [0.5, 0.6) is 0 Å². The number of hydrogen-bond donors (Lipinski definition) is 2. The zero-order chi connectivity index (χ0) is 17.7. The Morgan fingerprint density at radius 1 is 1.12 bits per heavy atom. The molecule has 25 heavy (non-hydrogen) atoms. The first-order valence-corrected chi connectivity index (χ1v) is 8.46. The van der Waals surface area contributed by atoms with Gasteiger partial charge in [-0.2, -0.15) is 0 Å². The quantitative estimate of drug-likeness (QED) is 0.750. The molecule has 2 aromatic rings. The standard InChI is InChI=1S/C21H28N2O.ClH/c1-15-8-7-10-17(14-15)20(21(2,3)4)23-19(24)13-12-16-9-5-6-11-18(16)22;/h5-11,14,20H,12-13,22H2,1-4H3,(H,23,24);1H. The fraction of sp³-hybridized carbons (Fsp3) is 0.381. The van der Waals surface area contributed by atoms with Crippen molar-refractivity contribution in [1.82, 2.24) is 5.32 Å². The number of rotatable bonds is 5. The Morgan fingerprint density at radius 2 is 1.80 bits per heavy atom. The van der Waals surface area contributed by atoms with Crippen LogP contribution in [-0.2, 0) is 11.2 Å². The molecule has 0 saturated heterocycles. The van der Waals surface area contributed by atoms with Gasteiger partial charge in [0, 0.05) is 12.1 Å². The molecule has 1 unspecified atom stereocenters. The first-order valence-electron chi connectivity index (χ1n) is 8.46. The average Bonchev–Trinajstić information content (AvgIpc) is 2.50. The second kappa shape index (κ2) is 8.91. The lowest BCUT2D eigenvalue weighted by Crippen LogP contribution is -2.36. The summed E-state index contributed by atoms with van der Waals surface area (Å²) in [5.41, 5.74) is 10.0. The highest BCUT2D eigenvalue weighted by atomic mass is 35.5. The maximum absolute atomic E-state index is 12.5. The van der Waals surface area contributed by atoms with Crippen LogP contribution in [0.3, 0.4) is 0 Å². The molecule has 136 valence electrons. The maximum atomic E-state index is 12.5. The topological polar surface area (TPSA) is 55.1 Å². The summed E-state index contributed by atoms with van der Waals surface area (Å²) >= 11 is 0. The molecule has 0 spiro atoms. The van der Waals surface area contributed by atoms with Crippen LogP contribution in [0.2, 0.25) is 0 Å². The zero-order valence-corrected chi connectivity index (χ0v) is 16.3. The smallest absolute Gasteiger partial charge is 0.220 e. The summed E-state index contributed by atoms with van der Waals surface area (Å²) < 4.78 is 0. The van der Waals surface area contributed by atoms with E-state index in [-0.39, 0.29) is 29.8 Å². The number of nitrogen functional groups attached to an aromatic ring is 1. The number of nitrogens with one attached hydrogen (secondary N) is 1. The lowest BCUT2D eigenvalue weighted by atomic mass is 9.82. The Balaban J connectivity index is 0.00000312. The molecule has 0 saturated carbocycles. The molecule has 0 bridgehead atoms. The second-order valence-electron chi connectivity index (χ2n) is 7.48. The van der Waals surface area contributed by atoms with Crippen LogP contribution in [0.25, 0.3) is 0 Å². The average molecular weight is 361 g/mol. The van der Waals surface area contributed by atoms with Crippen molar-refractivity contribution in [3.63, 3.8) is 0 Å². The van der Waals surface area contributed by atoms with Crippen molar-refractivity contribution in [1.29, 1.82) is 0 Å². The minimum atomic E-state index is -0.0603. The van der Waals surface area contributed by atoms with E-state index in [1.807, 2.05) is 30.3 Å². The van der Waals surface area contributed by atoms with Gasteiger partial charge in [0.2, 0.25) is 5.91 Å². The lowest BCUT2D eigenvalue weighted by molar-refractivity contribution is -0.122. The van der Waals surface area contributed by atoms with Gasteiger partial charge < -0.3 is 11.1 Å². The first kappa shape index (κ1) is 21.0. The van der Waals surface area contributed by atoms with Gasteiger partial charge in [-0.15, -0.1) is 12.4 Å². The number of para-hydroxylation sites is 1. The Bertz CT molecular complexity index is 707. The molecule has 0 aromatic heterocycles. The minimum Gasteiger partial charge on any atom is -0.399 e. The molecule has 0 aliphatic heterocycles. The minimum absolute atomic E-state index is 0. The van der Waals surface area contributed by atoms with Gasteiger partial charge >= 0.3 is 0 Å². The van der Waals surface area contributed by atoms with E-state index in [1.165, 1.54) is 5.56 Å². The molecular weight excluding hydrogens is 332 g/mol. The Labute approximate surface area is 157 Å². The van der Waals surface area contributed by atoms with E-state index in [4.69, 9.17) is 5.73 Å². The molecule has 0 aliphatic carbocycles. The SMILES string of the molecule is Cc1cccc(C(NC(=O)CCc2ccccc2N)C(C)(C)C)c1.Cl. The van der Waals surface area contributed by atoms with E-state index >= 15 is 0 Å². The first-order chi connectivity index (χ1) is 11.3. The highest BCUT2D eigenvalue weighted by molar-refractivity contribution is 5.85. The number of amides is 1. The molecule has 2 aromatic carbocycles. The van der Waals surface area contributed by atoms with Gasteiger partial charge in [0.15, 0.2) is 0 Å². The molecule has 4 heteroatoms. The molecule has 0 aliphatic rings. The van der Waals surface area contributed by atoms with E-state index < -0.39 is 0 Å². The number of carbonyl (C=O) groups is 1.